The van der Waals surface area contributed by atoms with Crippen LogP contribution in [0.15, 0.2) is 0 Å². The molecule has 17 heavy (non-hydrogen) atoms. The summed E-state index contributed by atoms with van der Waals surface area (Å²) < 4.78 is 5.18. The van der Waals surface area contributed by atoms with Gasteiger partial charge in [-0.25, -0.2) is 0 Å². The number of ether oxygens (including phenoxy) is 1. The molecular formula is C12H23NO4. The SMILES string of the molecule is CCCCC(NCC1(O)CCOCC1)C(=O)O. The molecule has 1 fully saturated rings. The van der Waals surface area contributed by atoms with Gasteiger partial charge in [-0.15, -0.1) is 0 Å². The van der Waals surface area contributed by atoms with Crippen molar-refractivity contribution in [3.63, 3.8) is 0 Å². The number of nitrogens with one attached hydrogen (secondary N) is 1. The van der Waals surface area contributed by atoms with Crippen molar-refractivity contribution in [1.82, 2.24) is 5.32 Å². The number of hydrogen-bond acceptors (Lipinski definition) is 4. The van der Waals surface area contributed by atoms with Gasteiger partial charge in [0.25, 0.3) is 0 Å². The molecule has 0 saturated carbocycles. The Hall–Kier alpha value is -0.650. The van der Waals surface area contributed by atoms with Crippen LogP contribution in [0, 0.1) is 0 Å². The lowest BCUT2D eigenvalue weighted by Crippen LogP contribution is -2.49. The molecule has 0 bridgehead atoms. The van der Waals surface area contributed by atoms with Gasteiger partial charge in [-0.1, -0.05) is 19.8 Å². The van der Waals surface area contributed by atoms with E-state index < -0.39 is 17.6 Å². The summed E-state index contributed by atoms with van der Waals surface area (Å²) in [7, 11) is 0. The van der Waals surface area contributed by atoms with E-state index in [0.717, 1.165) is 12.8 Å². The van der Waals surface area contributed by atoms with Crippen LogP contribution in [-0.2, 0) is 9.53 Å². The second-order valence-corrected chi connectivity index (χ2v) is 4.75. The first-order valence-electron chi connectivity index (χ1n) is 6.34. The summed E-state index contributed by atoms with van der Waals surface area (Å²) in [5, 5.41) is 22.2. The summed E-state index contributed by atoms with van der Waals surface area (Å²) in [6.45, 7) is 3.46. The van der Waals surface area contributed by atoms with Gasteiger partial charge in [0.2, 0.25) is 0 Å². The fourth-order valence-electron chi connectivity index (χ4n) is 1.96. The molecule has 1 aliphatic rings. The minimum atomic E-state index is -0.839. The van der Waals surface area contributed by atoms with Crippen molar-refractivity contribution in [2.24, 2.45) is 0 Å². The Morgan fingerprint density at radius 3 is 2.65 bits per heavy atom. The molecule has 1 unspecified atom stereocenters. The maximum absolute atomic E-state index is 11.0. The van der Waals surface area contributed by atoms with Gasteiger partial charge in [0.15, 0.2) is 0 Å². The van der Waals surface area contributed by atoms with Gasteiger partial charge in [-0.3, -0.25) is 4.79 Å². The average molecular weight is 245 g/mol. The second-order valence-electron chi connectivity index (χ2n) is 4.75. The average Bonchev–Trinajstić information content (AvgIpc) is 2.29. The molecule has 0 radical (unpaired) electrons. The lowest BCUT2D eigenvalue weighted by atomic mass is 9.94. The molecule has 0 aromatic carbocycles. The third-order valence-corrected chi connectivity index (χ3v) is 3.25. The van der Waals surface area contributed by atoms with Crippen molar-refractivity contribution in [3.8, 4) is 0 Å². The number of hydrogen-bond donors (Lipinski definition) is 3. The van der Waals surface area contributed by atoms with Gasteiger partial charge >= 0.3 is 5.97 Å². The molecule has 5 nitrogen and oxygen atoms in total. The predicted molar refractivity (Wildman–Crippen MR) is 64.0 cm³/mol. The van der Waals surface area contributed by atoms with Crippen molar-refractivity contribution in [1.29, 1.82) is 0 Å². The van der Waals surface area contributed by atoms with Crippen molar-refractivity contribution in [3.05, 3.63) is 0 Å². The van der Waals surface area contributed by atoms with Gasteiger partial charge < -0.3 is 20.3 Å². The zero-order valence-corrected chi connectivity index (χ0v) is 10.4. The Morgan fingerprint density at radius 2 is 2.12 bits per heavy atom. The molecule has 1 heterocycles. The fourth-order valence-corrected chi connectivity index (χ4v) is 1.96. The standard InChI is InChI=1S/C12H23NO4/c1-2-3-4-10(11(14)15)13-9-12(16)5-7-17-8-6-12/h10,13,16H,2-9H2,1H3,(H,14,15). The summed E-state index contributed by atoms with van der Waals surface area (Å²) in [6, 6.07) is -0.554. The molecular weight excluding hydrogens is 222 g/mol. The first-order chi connectivity index (χ1) is 8.07. The lowest BCUT2D eigenvalue weighted by Gasteiger charge is -2.33. The maximum atomic E-state index is 11.0. The largest absolute Gasteiger partial charge is 0.480 e. The molecule has 1 rings (SSSR count). The molecule has 0 aliphatic carbocycles. The summed E-state index contributed by atoms with van der Waals surface area (Å²) in [5.74, 6) is -0.839. The molecule has 0 aromatic rings. The van der Waals surface area contributed by atoms with Crippen LogP contribution in [0.25, 0.3) is 0 Å². The molecule has 3 N–H and O–H groups in total. The normalized spacial score (nSPS) is 21.1. The smallest absolute Gasteiger partial charge is 0.320 e. The van der Waals surface area contributed by atoms with E-state index in [1.807, 2.05) is 6.92 Å². The monoisotopic (exact) mass is 245 g/mol. The molecule has 0 aromatic heterocycles. The third kappa shape index (κ3) is 5.02. The van der Waals surface area contributed by atoms with Gasteiger partial charge in [0.1, 0.15) is 6.04 Å². The summed E-state index contributed by atoms with van der Waals surface area (Å²) in [6.07, 6.45) is 3.60. The van der Waals surface area contributed by atoms with E-state index in [-0.39, 0.29) is 0 Å². The summed E-state index contributed by atoms with van der Waals surface area (Å²) >= 11 is 0. The lowest BCUT2D eigenvalue weighted by molar-refractivity contribution is -0.140. The van der Waals surface area contributed by atoms with Crippen LogP contribution in [0.1, 0.15) is 39.0 Å². The van der Waals surface area contributed by atoms with E-state index >= 15 is 0 Å². The third-order valence-electron chi connectivity index (χ3n) is 3.25. The maximum Gasteiger partial charge on any atom is 0.320 e. The summed E-state index contributed by atoms with van der Waals surface area (Å²) in [4.78, 5) is 11.0. The van der Waals surface area contributed by atoms with Crippen LogP contribution in [-0.4, -0.2) is 47.6 Å². The zero-order valence-electron chi connectivity index (χ0n) is 10.4. The number of carbonyl (C=O) groups is 1. The number of unbranched alkanes of at least 4 members (excludes halogenated alkanes) is 1. The van der Waals surface area contributed by atoms with E-state index in [2.05, 4.69) is 5.32 Å². The Morgan fingerprint density at radius 1 is 1.47 bits per heavy atom. The van der Waals surface area contributed by atoms with Gasteiger partial charge in [0, 0.05) is 32.6 Å². The van der Waals surface area contributed by atoms with Gasteiger partial charge in [-0.05, 0) is 6.42 Å². The summed E-state index contributed by atoms with van der Waals surface area (Å²) in [5.41, 5.74) is -0.807. The highest BCUT2D eigenvalue weighted by atomic mass is 16.5. The zero-order chi connectivity index (χ0) is 12.7. The number of carboxylic acid groups (broad SMARTS) is 1. The van der Waals surface area contributed by atoms with Crippen molar-refractivity contribution in [2.75, 3.05) is 19.8 Å². The number of aliphatic carboxylic acids is 1. The topological polar surface area (TPSA) is 78.8 Å². The molecule has 0 amide bonds. The molecule has 100 valence electrons. The fraction of sp³-hybridized carbons (Fsp3) is 0.917. The minimum absolute atomic E-state index is 0.330. The first-order valence-corrected chi connectivity index (χ1v) is 6.34. The molecule has 1 aliphatic heterocycles. The highest BCUT2D eigenvalue weighted by molar-refractivity contribution is 5.73. The Bertz CT molecular complexity index is 239. The number of aliphatic hydroxyl groups is 1. The van der Waals surface area contributed by atoms with Crippen LogP contribution in [0.4, 0.5) is 0 Å². The van der Waals surface area contributed by atoms with Crippen LogP contribution in [0.2, 0.25) is 0 Å². The van der Waals surface area contributed by atoms with Crippen LogP contribution >= 0.6 is 0 Å². The first kappa shape index (κ1) is 14.4. The van der Waals surface area contributed by atoms with Gasteiger partial charge in [0.05, 0.1) is 5.60 Å². The Labute approximate surface area is 102 Å². The van der Waals surface area contributed by atoms with Crippen molar-refractivity contribution >= 4 is 5.97 Å². The van der Waals surface area contributed by atoms with E-state index in [0.29, 0.717) is 39.0 Å². The highest BCUT2D eigenvalue weighted by Crippen LogP contribution is 2.19. The highest BCUT2D eigenvalue weighted by Gasteiger charge is 2.31. The van der Waals surface area contributed by atoms with E-state index in [1.165, 1.54) is 0 Å². The van der Waals surface area contributed by atoms with Crippen molar-refractivity contribution < 1.29 is 19.7 Å². The minimum Gasteiger partial charge on any atom is -0.480 e. The molecule has 0 spiro atoms. The Kier molecular flexibility index (Phi) is 5.88. The number of carboxylic acids is 1. The quantitative estimate of drug-likeness (QED) is 0.617. The van der Waals surface area contributed by atoms with Crippen LogP contribution in [0.3, 0.4) is 0 Å². The van der Waals surface area contributed by atoms with E-state index in [1.54, 1.807) is 0 Å². The van der Waals surface area contributed by atoms with Crippen molar-refractivity contribution in [2.45, 2.75) is 50.7 Å². The van der Waals surface area contributed by atoms with Gasteiger partial charge in [-0.2, -0.15) is 0 Å². The van der Waals surface area contributed by atoms with Crippen LogP contribution in [0.5, 0.6) is 0 Å². The molecule has 5 heteroatoms. The molecule has 1 saturated heterocycles. The Balaban J connectivity index is 2.36. The predicted octanol–water partition coefficient (Wildman–Crippen LogP) is 0.761. The van der Waals surface area contributed by atoms with Crippen LogP contribution < -0.4 is 5.32 Å². The van der Waals surface area contributed by atoms with E-state index in [4.69, 9.17) is 9.84 Å². The second kappa shape index (κ2) is 6.93. The number of rotatable bonds is 7. The molecule has 1 atom stereocenters. The van der Waals surface area contributed by atoms with E-state index in [9.17, 15) is 9.90 Å².